The monoisotopic (exact) mass is 602 g/mol. The van der Waals surface area contributed by atoms with E-state index in [4.69, 9.17) is 5.73 Å². The molecule has 1 fully saturated rings. The van der Waals surface area contributed by atoms with Gasteiger partial charge in [0.15, 0.2) is 0 Å². The predicted molar refractivity (Wildman–Crippen MR) is 161 cm³/mol. The second-order valence-electron chi connectivity index (χ2n) is 10.9. The minimum absolute atomic E-state index is 0.0863. The molecular formula is C32H35BrN4O3. The van der Waals surface area contributed by atoms with Gasteiger partial charge in [0.05, 0.1) is 23.8 Å². The highest BCUT2D eigenvalue weighted by atomic mass is 79.9. The molecule has 7 nitrogen and oxygen atoms in total. The number of anilines is 2. The molecule has 0 radical (unpaired) electrons. The third-order valence-electron chi connectivity index (χ3n) is 8.01. The van der Waals surface area contributed by atoms with Gasteiger partial charge in [-0.3, -0.25) is 19.3 Å². The van der Waals surface area contributed by atoms with Crippen molar-refractivity contribution in [3.63, 3.8) is 0 Å². The number of amides is 3. The van der Waals surface area contributed by atoms with Gasteiger partial charge in [-0.05, 0) is 86.5 Å². The van der Waals surface area contributed by atoms with Crippen molar-refractivity contribution >= 4 is 45.0 Å². The highest BCUT2D eigenvalue weighted by molar-refractivity contribution is 9.10. The number of hydrogen-bond donors (Lipinski definition) is 3. The van der Waals surface area contributed by atoms with E-state index in [0.717, 1.165) is 41.3 Å². The molecule has 0 aromatic heterocycles. The summed E-state index contributed by atoms with van der Waals surface area (Å²) in [6.45, 7) is 3.29. The number of aryl methyl sites for hydroxylation is 1. The molecule has 208 valence electrons. The summed E-state index contributed by atoms with van der Waals surface area (Å²) in [4.78, 5) is 42.0. The number of nitrogens with one attached hydrogen (secondary N) is 2. The average molecular weight is 604 g/mol. The Hall–Kier alpha value is -3.49. The molecule has 0 spiro atoms. The van der Waals surface area contributed by atoms with Crippen molar-refractivity contribution in [3.05, 3.63) is 93.5 Å². The summed E-state index contributed by atoms with van der Waals surface area (Å²) in [6, 6.07) is 19.7. The van der Waals surface area contributed by atoms with E-state index in [2.05, 4.69) is 26.6 Å². The van der Waals surface area contributed by atoms with Crippen LogP contribution in [0.2, 0.25) is 0 Å². The number of hydrogen-bond acceptors (Lipinski definition) is 4. The lowest BCUT2D eigenvalue weighted by atomic mass is 9.81. The second kappa shape index (κ2) is 12.4. The Balaban J connectivity index is 1.47. The maximum absolute atomic E-state index is 14.1. The van der Waals surface area contributed by atoms with Crippen LogP contribution in [0.15, 0.2) is 71.2 Å². The first-order valence-corrected chi connectivity index (χ1v) is 14.7. The van der Waals surface area contributed by atoms with Crippen molar-refractivity contribution in [2.45, 2.75) is 45.1 Å². The van der Waals surface area contributed by atoms with Gasteiger partial charge in [0.1, 0.15) is 0 Å². The topological polar surface area (TPSA) is 105 Å². The van der Waals surface area contributed by atoms with E-state index in [-0.39, 0.29) is 24.1 Å². The third kappa shape index (κ3) is 6.29. The quantitative estimate of drug-likeness (QED) is 0.322. The Morgan fingerprint density at radius 1 is 1.02 bits per heavy atom. The van der Waals surface area contributed by atoms with E-state index in [1.807, 2.05) is 43.3 Å². The van der Waals surface area contributed by atoms with Gasteiger partial charge in [0.2, 0.25) is 5.91 Å². The van der Waals surface area contributed by atoms with E-state index >= 15 is 0 Å². The Bertz CT molecular complexity index is 1410. The number of carbonyl (C=O) groups is 3. The van der Waals surface area contributed by atoms with E-state index in [1.54, 1.807) is 35.2 Å². The van der Waals surface area contributed by atoms with Crippen molar-refractivity contribution < 1.29 is 14.4 Å². The summed E-state index contributed by atoms with van der Waals surface area (Å²) in [6.07, 6.45) is 4.50. The number of rotatable bonds is 6. The minimum atomic E-state index is -0.519. The normalized spacial score (nSPS) is 20.7. The van der Waals surface area contributed by atoms with Gasteiger partial charge in [-0.1, -0.05) is 58.2 Å². The summed E-state index contributed by atoms with van der Waals surface area (Å²) >= 11 is 3.47. The van der Waals surface area contributed by atoms with Gasteiger partial charge in [0.25, 0.3) is 11.8 Å². The van der Waals surface area contributed by atoms with Gasteiger partial charge < -0.3 is 16.4 Å². The SMILES string of the molecule is Cc1ccc(C2CC(=O)Nc3cc(C(=O)NCC4CCCC(CN)C4)ccc3N2C(=O)c2cccc(Br)c2)cc1. The summed E-state index contributed by atoms with van der Waals surface area (Å²) < 4.78 is 0.789. The molecule has 0 saturated heterocycles. The molecule has 1 aliphatic heterocycles. The first kappa shape index (κ1) is 28.1. The molecule has 3 amide bonds. The number of nitrogens with zero attached hydrogens (tertiary/aromatic N) is 1. The number of nitrogens with two attached hydrogens (primary N) is 1. The minimum Gasteiger partial charge on any atom is -0.352 e. The zero-order valence-corrected chi connectivity index (χ0v) is 24.2. The Morgan fingerprint density at radius 2 is 1.80 bits per heavy atom. The molecule has 5 rings (SSSR count). The first-order chi connectivity index (χ1) is 19.3. The molecule has 4 N–H and O–H groups in total. The fourth-order valence-electron chi connectivity index (χ4n) is 5.83. The molecule has 8 heteroatoms. The maximum atomic E-state index is 14.1. The lowest BCUT2D eigenvalue weighted by Crippen LogP contribution is -2.35. The second-order valence-corrected chi connectivity index (χ2v) is 11.9. The van der Waals surface area contributed by atoms with Gasteiger partial charge in [-0.15, -0.1) is 0 Å². The van der Waals surface area contributed by atoms with Gasteiger partial charge >= 0.3 is 0 Å². The molecule has 3 aromatic rings. The Labute approximate surface area is 243 Å². The van der Waals surface area contributed by atoms with Crippen molar-refractivity contribution in [2.75, 3.05) is 23.3 Å². The van der Waals surface area contributed by atoms with Crippen LogP contribution in [0.5, 0.6) is 0 Å². The molecule has 0 bridgehead atoms. The molecular weight excluding hydrogens is 568 g/mol. The highest BCUT2D eigenvalue weighted by Crippen LogP contribution is 2.40. The van der Waals surface area contributed by atoms with E-state index in [1.165, 1.54) is 0 Å². The zero-order chi connectivity index (χ0) is 28.2. The summed E-state index contributed by atoms with van der Waals surface area (Å²) in [7, 11) is 0. The zero-order valence-electron chi connectivity index (χ0n) is 22.7. The van der Waals surface area contributed by atoms with Crippen LogP contribution in [0, 0.1) is 18.8 Å². The van der Waals surface area contributed by atoms with Crippen LogP contribution in [-0.4, -0.2) is 30.8 Å². The Kier molecular flexibility index (Phi) is 8.66. The summed E-state index contributed by atoms with van der Waals surface area (Å²) in [5, 5.41) is 6.03. The lowest BCUT2D eigenvalue weighted by Gasteiger charge is -2.31. The van der Waals surface area contributed by atoms with Crippen molar-refractivity contribution in [1.82, 2.24) is 5.32 Å². The standard InChI is InChI=1S/C32H35BrN4O3/c1-20-8-10-23(11-9-20)29-17-30(38)36-27-16-24(31(39)35-19-22-5-2-4-21(14-22)18-34)12-13-28(27)37(29)32(40)25-6-3-7-26(33)15-25/h3,6-13,15-16,21-22,29H,2,4-5,14,17-19,34H2,1H3,(H,35,39)(H,36,38). The molecule has 2 aliphatic rings. The smallest absolute Gasteiger partial charge is 0.258 e. The highest BCUT2D eigenvalue weighted by Gasteiger charge is 2.34. The number of halogens is 1. The van der Waals surface area contributed by atoms with Gasteiger partial charge in [-0.2, -0.15) is 0 Å². The summed E-state index contributed by atoms with van der Waals surface area (Å²) in [5.41, 5.74) is 9.76. The molecule has 1 saturated carbocycles. The van der Waals surface area contributed by atoms with Crippen LogP contribution >= 0.6 is 15.9 Å². The van der Waals surface area contributed by atoms with Crippen LogP contribution in [0.4, 0.5) is 11.4 Å². The fraction of sp³-hybridized carbons (Fsp3) is 0.344. The fourth-order valence-corrected chi connectivity index (χ4v) is 6.23. The number of fused-ring (bicyclic) bond motifs is 1. The number of carbonyl (C=O) groups excluding carboxylic acids is 3. The van der Waals surface area contributed by atoms with Gasteiger partial charge in [-0.25, -0.2) is 0 Å². The molecule has 40 heavy (non-hydrogen) atoms. The molecule has 1 heterocycles. The number of benzene rings is 3. The maximum Gasteiger partial charge on any atom is 0.258 e. The molecule has 3 unspecified atom stereocenters. The van der Waals surface area contributed by atoms with Crippen LogP contribution in [0.1, 0.15) is 70.0 Å². The Morgan fingerprint density at radius 3 is 2.55 bits per heavy atom. The summed E-state index contributed by atoms with van der Waals surface area (Å²) in [5.74, 6) is 0.294. The van der Waals surface area contributed by atoms with Crippen LogP contribution < -0.4 is 21.3 Å². The average Bonchev–Trinajstić information content (AvgIpc) is 3.11. The first-order valence-electron chi connectivity index (χ1n) is 13.9. The van der Waals surface area contributed by atoms with Crippen molar-refractivity contribution in [2.24, 2.45) is 17.6 Å². The van der Waals surface area contributed by atoms with Crippen molar-refractivity contribution in [1.29, 1.82) is 0 Å². The van der Waals surface area contributed by atoms with Crippen molar-refractivity contribution in [3.8, 4) is 0 Å². The van der Waals surface area contributed by atoms with Crippen LogP contribution in [0.25, 0.3) is 0 Å². The van der Waals surface area contributed by atoms with Crippen LogP contribution in [0.3, 0.4) is 0 Å². The lowest BCUT2D eigenvalue weighted by molar-refractivity contribution is -0.116. The van der Waals surface area contributed by atoms with Gasteiger partial charge in [0, 0.05) is 22.1 Å². The molecule has 1 aliphatic carbocycles. The molecule has 3 aromatic carbocycles. The van der Waals surface area contributed by atoms with E-state index < -0.39 is 6.04 Å². The largest absolute Gasteiger partial charge is 0.352 e. The van der Waals surface area contributed by atoms with E-state index in [9.17, 15) is 14.4 Å². The predicted octanol–water partition coefficient (Wildman–Crippen LogP) is 5.98. The van der Waals surface area contributed by atoms with E-state index in [0.29, 0.717) is 47.4 Å². The molecule has 3 atom stereocenters. The third-order valence-corrected chi connectivity index (χ3v) is 8.50. The van der Waals surface area contributed by atoms with Crippen LogP contribution in [-0.2, 0) is 4.79 Å².